The van der Waals surface area contributed by atoms with Crippen molar-refractivity contribution in [2.45, 2.75) is 18.8 Å². The van der Waals surface area contributed by atoms with Crippen LogP contribution in [0.15, 0.2) is 36.5 Å². The molecule has 1 aliphatic rings. The number of rotatable bonds is 4. The lowest BCUT2D eigenvalue weighted by molar-refractivity contribution is -0.211. The predicted molar refractivity (Wildman–Crippen MR) is 102 cm³/mol. The van der Waals surface area contributed by atoms with Crippen LogP contribution in [0.3, 0.4) is 0 Å². The molecule has 0 radical (unpaired) electrons. The lowest BCUT2D eigenvalue weighted by Crippen LogP contribution is -2.50. The number of halogens is 1. The second-order valence-electron chi connectivity index (χ2n) is 6.98. The van der Waals surface area contributed by atoms with Gasteiger partial charge in [0.05, 0.1) is 35.8 Å². The van der Waals surface area contributed by atoms with E-state index in [4.69, 9.17) is 15.2 Å². The Labute approximate surface area is 161 Å². The SMILES string of the molecule is CNc1nccc(-c2[nH]c(C3OCC(C)(N)CO3)nc2-c2ccc(F)cc2)n1. The molecular weight excluding hydrogens is 363 g/mol. The number of H-pyrrole nitrogens is 1. The number of imidazole rings is 1. The molecule has 9 heteroatoms. The van der Waals surface area contributed by atoms with Gasteiger partial charge in [0.15, 0.2) is 5.82 Å². The van der Waals surface area contributed by atoms with Crippen LogP contribution >= 0.6 is 0 Å². The van der Waals surface area contributed by atoms with E-state index in [2.05, 4.69) is 25.3 Å². The maximum absolute atomic E-state index is 13.4. The zero-order chi connectivity index (χ0) is 19.7. The second-order valence-corrected chi connectivity index (χ2v) is 6.98. The fourth-order valence-corrected chi connectivity index (χ4v) is 2.90. The van der Waals surface area contributed by atoms with Gasteiger partial charge in [0.1, 0.15) is 5.82 Å². The van der Waals surface area contributed by atoms with E-state index in [1.807, 2.05) is 6.92 Å². The third-order valence-electron chi connectivity index (χ3n) is 4.33. The first-order valence-electron chi connectivity index (χ1n) is 8.84. The van der Waals surface area contributed by atoms with E-state index in [-0.39, 0.29) is 5.82 Å². The Morgan fingerprint density at radius 3 is 2.57 bits per heavy atom. The molecule has 4 N–H and O–H groups in total. The molecule has 0 aliphatic carbocycles. The van der Waals surface area contributed by atoms with Gasteiger partial charge in [-0.05, 0) is 37.3 Å². The van der Waals surface area contributed by atoms with Gasteiger partial charge in [-0.1, -0.05) is 0 Å². The molecular formula is C19H21FN6O2. The summed E-state index contributed by atoms with van der Waals surface area (Å²) in [4.78, 5) is 16.5. The highest BCUT2D eigenvalue weighted by atomic mass is 19.1. The topological polar surface area (TPSA) is 111 Å². The molecule has 3 heterocycles. The first-order chi connectivity index (χ1) is 13.4. The van der Waals surface area contributed by atoms with Gasteiger partial charge in [-0.25, -0.2) is 19.3 Å². The minimum Gasteiger partial charge on any atom is -0.357 e. The zero-order valence-corrected chi connectivity index (χ0v) is 15.6. The molecule has 0 saturated carbocycles. The van der Waals surface area contributed by atoms with Gasteiger partial charge in [0.2, 0.25) is 12.2 Å². The first-order valence-corrected chi connectivity index (χ1v) is 8.84. The van der Waals surface area contributed by atoms with Gasteiger partial charge in [-0.3, -0.25) is 0 Å². The maximum Gasteiger partial charge on any atom is 0.222 e. The Kier molecular flexibility index (Phi) is 4.80. The molecule has 0 spiro atoms. The maximum atomic E-state index is 13.4. The molecule has 146 valence electrons. The molecule has 1 aromatic carbocycles. The van der Waals surface area contributed by atoms with Gasteiger partial charge in [0.25, 0.3) is 0 Å². The van der Waals surface area contributed by atoms with E-state index in [0.717, 1.165) is 5.56 Å². The smallest absolute Gasteiger partial charge is 0.222 e. The summed E-state index contributed by atoms with van der Waals surface area (Å²) in [6, 6.07) is 7.88. The number of nitrogens with one attached hydrogen (secondary N) is 2. The average Bonchev–Trinajstić information content (AvgIpc) is 3.14. The molecule has 0 bridgehead atoms. The molecule has 28 heavy (non-hydrogen) atoms. The van der Waals surface area contributed by atoms with Crippen molar-refractivity contribution < 1.29 is 13.9 Å². The Hall–Kier alpha value is -2.88. The lowest BCUT2D eigenvalue weighted by Gasteiger charge is -2.33. The largest absolute Gasteiger partial charge is 0.357 e. The molecule has 3 aromatic rings. The standard InChI is InChI=1S/C19H21FN6O2/c1-19(21)9-27-17(28-10-19)16-25-14(11-3-5-12(20)6-4-11)15(26-16)13-7-8-23-18(22-2)24-13/h3-8,17H,9-10,21H2,1-2H3,(H,25,26)(H,22,23,24). The van der Waals surface area contributed by atoms with Crippen LogP contribution in [-0.2, 0) is 9.47 Å². The summed E-state index contributed by atoms with van der Waals surface area (Å²) in [5.41, 5.74) is 8.15. The minimum absolute atomic E-state index is 0.318. The van der Waals surface area contributed by atoms with Crippen molar-refractivity contribution in [2.75, 3.05) is 25.6 Å². The Morgan fingerprint density at radius 2 is 1.89 bits per heavy atom. The van der Waals surface area contributed by atoms with Crippen LogP contribution in [0.4, 0.5) is 10.3 Å². The number of hydrogen-bond acceptors (Lipinski definition) is 7. The summed E-state index contributed by atoms with van der Waals surface area (Å²) in [6.45, 7) is 2.55. The number of anilines is 1. The Balaban J connectivity index is 1.76. The van der Waals surface area contributed by atoms with Crippen molar-refractivity contribution in [3.05, 3.63) is 48.2 Å². The highest BCUT2D eigenvalue weighted by Gasteiger charge is 2.32. The van der Waals surface area contributed by atoms with Crippen molar-refractivity contribution in [1.82, 2.24) is 19.9 Å². The summed E-state index contributed by atoms with van der Waals surface area (Å²) in [6.07, 6.45) is 0.978. The fourth-order valence-electron chi connectivity index (χ4n) is 2.90. The number of aromatic amines is 1. The van der Waals surface area contributed by atoms with Crippen molar-refractivity contribution >= 4 is 5.95 Å². The van der Waals surface area contributed by atoms with Crippen LogP contribution in [0.2, 0.25) is 0 Å². The highest BCUT2D eigenvalue weighted by molar-refractivity contribution is 5.77. The Morgan fingerprint density at radius 1 is 1.18 bits per heavy atom. The zero-order valence-electron chi connectivity index (χ0n) is 15.6. The number of aromatic nitrogens is 4. The van der Waals surface area contributed by atoms with Crippen molar-refractivity contribution in [3.8, 4) is 22.6 Å². The van der Waals surface area contributed by atoms with E-state index >= 15 is 0 Å². The summed E-state index contributed by atoms with van der Waals surface area (Å²) >= 11 is 0. The number of ether oxygens (including phenoxy) is 2. The highest BCUT2D eigenvalue weighted by Crippen LogP contribution is 2.33. The number of benzene rings is 1. The predicted octanol–water partition coefficient (Wildman–Crippen LogP) is 2.48. The average molecular weight is 384 g/mol. The van der Waals surface area contributed by atoms with Crippen LogP contribution in [0.25, 0.3) is 22.6 Å². The molecule has 0 atom stereocenters. The molecule has 0 unspecified atom stereocenters. The minimum atomic E-state index is -0.671. The van der Waals surface area contributed by atoms with E-state index in [1.54, 1.807) is 31.4 Å². The van der Waals surface area contributed by atoms with E-state index in [0.29, 0.717) is 42.1 Å². The number of nitrogens with zero attached hydrogens (tertiary/aromatic N) is 3. The molecule has 1 aliphatic heterocycles. The van der Waals surface area contributed by atoms with E-state index < -0.39 is 11.8 Å². The van der Waals surface area contributed by atoms with Gasteiger partial charge in [-0.2, -0.15) is 0 Å². The number of hydrogen-bond donors (Lipinski definition) is 3. The fraction of sp³-hybridized carbons (Fsp3) is 0.316. The molecule has 4 rings (SSSR count). The molecule has 0 amide bonds. The lowest BCUT2D eigenvalue weighted by atomic mass is 10.1. The third-order valence-corrected chi connectivity index (χ3v) is 4.33. The van der Waals surface area contributed by atoms with E-state index in [9.17, 15) is 4.39 Å². The first kappa shape index (κ1) is 18.5. The van der Waals surface area contributed by atoms with Crippen LogP contribution in [0, 0.1) is 5.82 Å². The monoisotopic (exact) mass is 384 g/mol. The van der Waals surface area contributed by atoms with Crippen molar-refractivity contribution in [2.24, 2.45) is 5.73 Å². The van der Waals surface area contributed by atoms with Crippen molar-refractivity contribution in [3.63, 3.8) is 0 Å². The van der Waals surface area contributed by atoms with Gasteiger partial charge in [0, 0.05) is 18.8 Å². The van der Waals surface area contributed by atoms with Crippen molar-refractivity contribution in [1.29, 1.82) is 0 Å². The van der Waals surface area contributed by atoms with Crippen LogP contribution < -0.4 is 11.1 Å². The van der Waals surface area contributed by atoms with Gasteiger partial charge < -0.3 is 25.5 Å². The molecule has 1 saturated heterocycles. The number of nitrogens with two attached hydrogens (primary N) is 1. The summed E-state index contributed by atoms with van der Waals surface area (Å²) in [5, 5.41) is 2.91. The molecule has 1 fully saturated rings. The third kappa shape index (κ3) is 3.72. The van der Waals surface area contributed by atoms with Gasteiger partial charge >= 0.3 is 0 Å². The quantitative estimate of drug-likeness (QED) is 0.634. The normalized spacial score (nSPS) is 22.2. The Bertz CT molecular complexity index is 963. The van der Waals surface area contributed by atoms with Crippen LogP contribution in [0.5, 0.6) is 0 Å². The van der Waals surface area contributed by atoms with Gasteiger partial charge in [-0.15, -0.1) is 0 Å². The summed E-state index contributed by atoms with van der Waals surface area (Å²) in [7, 11) is 1.74. The molecule has 2 aromatic heterocycles. The van der Waals surface area contributed by atoms with Crippen LogP contribution in [0.1, 0.15) is 19.0 Å². The summed E-state index contributed by atoms with van der Waals surface area (Å²) in [5.74, 6) is 0.652. The summed E-state index contributed by atoms with van der Waals surface area (Å²) < 4.78 is 24.9. The van der Waals surface area contributed by atoms with E-state index in [1.165, 1.54) is 12.1 Å². The molecule has 8 nitrogen and oxygen atoms in total. The second kappa shape index (κ2) is 7.27. The van der Waals surface area contributed by atoms with Crippen LogP contribution in [-0.4, -0.2) is 45.7 Å².